The number of nitrogens with two attached hydrogens (primary N) is 1. The number of thiophene rings is 1. The average Bonchev–Trinajstić information content (AvgIpc) is 2.74. The van der Waals surface area contributed by atoms with E-state index in [0.717, 1.165) is 5.69 Å². The summed E-state index contributed by atoms with van der Waals surface area (Å²) in [6, 6.07) is 5.35. The molecule has 0 saturated carbocycles. The van der Waals surface area contributed by atoms with Crippen LogP contribution in [0.3, 0.4) is 0 Å². The summed E-state index contributed by atoms with van der Waals surface area (Å²) in [7, 11) is 0. The van der Waals surface area contributed by atoms with Crippen LogP contribution in [0.25, 0.3) is 0 Å². The number of carbonyl (C=O) groups is 1. The maximum absolute atomic E-state index is 11.6. The Kier molecular flexibility index (Phi) is 3.16. The van der Waals surface area contributed by atoms with E-state index in [1.807, 2.05) is 16.8 Å². The minimum absolute atomic E-state index is 0.0735. The zero-order chi connectivity index (χ0) is 11.4. The van der Waals surface area contributed by atoms with Gasteiger partial charge < -0.3 is 11.1 Å². The van der Waals surface area contributed by atoms with E-state index in [2.05, 4.69) is 10.3 Å². The van der Waals surface area contributed by atoms with Crippen molar-refractivity contribution >= 4 is 28.6 Å². The number of hydrogen-bond donors (Lipinski definition) is 2. The van der Waals surface area contributed by atoms with Crippen LogP contribution in [0.2, 0.25) is 0 Å². The van der Waals surface area contributed by atoms with Crippen LogP contribution in [0.4, 0.5) is 11.4 Å². The van der Waals surface area contributed by atoms with Crippen molar-refractivity contribution in [2.75, 3.05) is 11.1 Å². The predicted octanol–water partition coefficient (Wildman–Crippen LogP) is 1.91. The van der Waals surface area contributed by atoms with Gasteiger partial charge in [-0.15, -0.1) is 0 Å². The van der Waals surface area contributed by atoms with Gasteiger partial charge in [-0.1, -0.05) is 0 Å². The topological polar surface area (TPSA) is 68.0 Å². The van der Waals surface area contributed by atoms with E-state index in [4.69, 9.17) is 5.73 Å². The molecule has 0 spiro atoms. The van der Waals surface area contributed by atoms with Gasteiger partial charge in [-0.3, -0.25) is 9.78 Å². The van der Waals surface area contributed by atoms with E-state index in [9.17, 15) is 4.79 Å². The second-order valence-corrected chi connectivity index (χ2v) is 4.10. The van der Waals surface area contributed by atoms with Gasteiger partial charge in [-0.05, 0) is 23.6 Å². The maximum atomic E-state index is 11.6. The van der Waals surface area contributed by atoms with Crippen LogP contribution in [-0.2, 0) is 11.2 Å². The number of pyridine rings is 1. The standard InChI is InChI=1S/C11H11N3OS/c12-8-1-2-9(13-6-8)5-11(15)14-10-3-4-16-7-10/h1-4,6-7H,5,12H2,(H,14,15). The summed E-state index contributed by atoms with van der Waals surface area (Å²) in [5.74, 6) is -0.0735. The molecule has 0 saturated heterocycles. The molecule has 0 fully saturated rings. The molecule has 2 rings (SSSR count). The fraction of sp³-hybridized carbons (Fsp3) is 0.0909. The van der Waals surface area contributed by atoms with E-state index >= 15 is 0 Å². The number of anilines is 2. The normalized spacial score (nSPS) is 10.0. The third-order valence-electron chi connectivity index (χ3n) is 1.99. The Morgan fingerprint density at radius 3 is 2.94 bits per heavy atom. The fourth-order valence-corrected chi connectivity index (χ4v) is 1.83. The lowest BCUT2D eigenvalue weighted by Crippen LogP contribution is -2.14. The molecule has 4 nitrogen and oxygen atoms in total. The van der Waals surface area contributed by atoms with Crippen LogP contribution in [0.1, 0.15) is 5.69 Å². The summed E-state index contributed by atoms with van der Waals surface area (Å²) < 4.78 is 0. The SMILES string of the molecule is Nc1ccc(CC(=O)Nc2ccsc2)nc1. The lowest BCUT2D eigenvalue weighted by molar-refractivity contribution is -0.115. The molecule has 2 heterocycles. The third kappa shape index (κ3) is 2.80. The molecular formula is C11H11N3OS. The zero-order valence-corrected chi connectivity index (χ0v) is 9.33. The average molecular weight is 233 g/mol. The molecule has 0 atom stereocenters. The van der Waals surface area contributed by atoms with Gasteiger partial charge in [0.05, 0.1) is 24.0 Å². The van der Waals surface area contributed by atoms with Gasteiger partial charge in [0.15, 0.2) is 0 Å². The molecular weight excluding hydrogens is 222 g/mol. The molecule has 0 unspecified atom stereocenters. The van der Waals surface area contributed by atoms with Crippen molar-refractivity contribution in [2.24, 2.45) is 0 Å². The van der Waals surface area contributed by atoms with E-state index < -0.39 is 0 Å². The van der Waals surface area contributed by atoms with Crippen LogP contribution in [0, 0.1) is 0 Å². The minimum Gasteiger partial charge on any atom is -0.397 e. The van der Waals surface area contributed by atoms with Crippen LogP contribution in [0.15, 0.2) is 35.2 Å². The molecule has 0 bridgehead atoms. The molecule has 82 valence electrons. The maximum Gasteiger partial charge on any atom is 0.230 e. The van der Waals surface area contributed by atoms with E-state index in [-0.39, 0.29) is 12.3 Å². The number of hydrogen-bond acceptors (Lipinski definition) is 4. The van der Waals surface area contributed by atoms with Crippen LogP contribution < -0.4 is 11.1 Å². The first-order valence-electron chi connectivity index (χ1n) is 4.76. The quantitative estimate of drug-likeness (QED) is 0.850. The summed E-state index contributed by atoms with van der Waals surface area (Å²) in [5.41, 5.74) is 7.64. The number of aromatic nitrogens is 1. The van der Waals surface area contributed by atoms with Gasteiger partial charge >= 0.3 is 0 Å². The number of nitrogens with one attached hydrogen (secondary N) is 1. The summed E-state index contributed by atoms with van der Waals surface area (Å²) in [5, 5.41) is 6.58. The molecule has 0 aliphatic heterocycles. The van der Waals surface area contributed by atoms with Crippen molar-refractivity contribution in [2.45, 2.75) is 6.42 Å². The highest BCUT2D eigenvalue weighted by atomic mass is 32.1. The highest BCUT2D eigenvalue weighted by Crippen LogP contribution is 2.12. The molecule has 0 aliphatic carbocycles. The summed E-state index contributed by atoms with van der Waals surface area (Å²) in [6.07, 6.45) is 1.81. The Morgan fingerprint density at radius 2 is 2.31 bits per heavy atom. The van der Waals surface area contributed by atoms with Gasteiger partial charge in [0, 0.05) is 11.1 Å². The second kappa shape index (κ2) is 4.76. The van der Waals surface area contributed by atoms with Crippen molar-refractivity contribution in [3.05, 3.63) is 40.8 Å². The molecule has 0 aromatic carbocycles. The number of nitrogens with zero attached hydrogens (tertiary/aromatic N) is 1. The van der Waals surface area contributed by atoms with Gasteiger partial charge in [-0.2, -0.15) is 11.3 Å². The molecule has 0 radical (unpaired) electrons. The van der Waals surface area contributed by atoms with E-state index in [0.29, 0.717) is 11.4 Å². The summed E-state index contributed by atoms with van der Waals surface area (Å²) in [4.78, 5) is 15.7. The molecule has 3 N–H and O–H groups in total. The van der Waals surface area contributed by atoms with Crippen molar-refractivity contribution in [3.8, 4) is 0 Å². The smallest absolute Gasteiger partial charge is 0.230 e. The van der Waals surface area contributed by atoms with Gasteiger partial charge in [0.1, 0.15) is 0 Å². The van der Waals surface area contributed by atoms with Gasteiger partial charge in [0.2, 0.25) is 5.91 Å². The number of nitrogen functional groups attached to an aromatic ring is 1. The predicted molar refractivity (Wildman–Crippen MR) is 65.3 cm³/mol. The van der Waals surface area contributed by atoms with E-state index in [1.54, 1.807) is 29.7 Å². The van der Waals surface area contributed by atoms with Crippen molar-refractivity contribution in [1.82, 2.24) is 4.98 Å². The first kappa shape index (κ1) is 10.6. The molecule has 2 aromatic rings. The fourth-order valence-electron chi connectivity index (χ4n) is 1.25. The third-order valence-corrected chi connectivity index (χ3v) is 2.68. The minimum atomic E-state index is -0.0735. The first-order chi connectivity index (χ1) is 7.74. The van der Waals surface area contributed by atoms with Crippen LogP contribution in [0.5, 0.6) is 0 Å². The summed E-state index contributed by atoms with van der Waals surface area (Å²) in [6.45, 7) is 0. The number of amides is 1. The molecule has 5 heteroatoms. The number of carbonyl (C=O) groups excluding carboxylic acids is 1. The molecule has 0 aliphatic rings. The summed E-state index contributed by atoms with van der Waals surface area (Å²) >= 11 is 1.54. The Morgan fingerprint density at radius 1 is 1.44 bits per heavy atom. The second-order valence-electron chi connectivity index (χ2n) is 3.32. The Hall–Kier alpha value is -1.88. The van der Waals surface area contributed by atoms with Crippen LogP contribution in [-0.4, -0.2) is 10.9 Å². The monoisotopic (exact) mass is 233 g/mol. The van der Waals surface area contributed by atoms with Gasteiger partial charge in [-0.25, -0.2) is 0 Å². The zero-order valence-electron chi connectivity index (χ0n) is 8.51. The van der Waals surface area contributed by atoms with Gasteiger partial charge in [0.25, 0.3) is 0 Å². The van der Waals surface area contributed by atoms with Crippen LogP contribution >= 0.6 is 11.3 Å². The Labute approximate surface area is 97.1 Å². The highest BCUT2D eigenvalue weighted by Gasteiger charge is 2.04. The molecule has 2 aromatic heterocycles. The van der Waals surface area contributed by atoms with Crippen molar-refractivity contribution in [3.63, 3.8) is 0 Å². The van der Waals surface area contributed by atoms with Crippen molar-refractivity contribution < 1.29 is 4.79 Å². The van der Waals surface area contributed by atoms with E-state index in [1.165, 1.54) is 0 Å². The highest BCUT2D eigenvalue weighted by molar-refractivity contribution is 7.08. The first-order valence-corrected chi connectivity index (χ1v) is 5.71. The molecule has 1 amide bonds. The Balaban J connectivity index is 1.95. The Bertz CT molecular complexity index is 464. The van der Waals surface area contributed by atoms with Crippen molar-refractivity contribution in [1.29, 1.82) is 0 Å². The molecule has 16 heavy (non-hydrogen) atoms. The lowest BCUT2D eigenvalue weighted by Gasteiger charge is -2.02. The number of rotatable bonds is 3. The lowest BCUT2D eigenvalue weighted by atomic mass is 10.2. The largest absolute Gasteiger partial charge is 0.397 e.